The van der Waals surface area contributed by atoms with Gasteiger partial charge in [-0.2, -0.15) is 0 Å². The summed E-state index contributed by atoms with van der Waals surface area (Å²) in [5.74, 6) is 0.519. The Hall–Kier alpha value is -1.06. The zero-order valence-electron chi connectivity index (χ0n) is 14.1. The van der Waals surface area contributed by atoms with Crippen molar-refractivity contribution in [3.63, 3.8) is 0 Å². The molecule has 136 valence electrons. The fourth-order valence-electron chi connectivity index (χ4n) is 1.84. The van der Waals surface area contributed by atoms with Crippen LogP contribution in [0.3, 0.4) is 0 Å². The molecule has 1 aromatic rings. The number of ether oxygens (including phenoxy) is 1. The molecule has 6 nitrogen and oxygen atoms in total. The predicted octanol–water partition coefficient (Wildman–Crippen LogP) is 2.28. The van der Waals surface area contributed by atoms with Gasteiger partial charge in [-0.3, -0.25) is 9.79 Å². The van der Waals surface area contributed by atoms with Crippen LogP contribution in [-0.4, -0.2) is 51.8 Å². The molecule has 0 unspecified atom stereocenters. The lowest BCUT2D eigenvalue weighted by Gasteiger charge is -2.12. The van der Waals surface area contributed by atoms with E-state index in [1.54, 1.807) is 31.3 Å². The van der Waals surface area contributed by atoms with Gasteiger partial charge < -0.3 is 20.7 Å². The molecule has 24 heavy (non-hydrogen) atoms. The van der Waals surface area contributed by atoms with Gasteiger partial charge in [0.2, 0.25) is 0 Å². The number of amides is 1. The van der Waals surface area contributed by atoms with Crippen molar-refractivity contribution >= 4 is 47.4 Å². The van der Waals surface area contributed by atoms with Gasteiger partial charge in [0.05, 0.1) is 10.6 Å². The van der Waals surface area contributed by atoms with Crippen LogP contribution in [0.1, 0.15) is 23.7 Å². The molecule has 8 heteroatoms. The van der Waals surface area contributed by atoms with Gasteiger partial charge in [-0.1, -0.05) is 23.7 Å². The van der Waals surface area contributed by atoms with E-state index in [4.69, 9.17) is 16.3 Å². The number of aliphatic imine (C=N–C) groups is 1. The molecule has 1 rings (SSSR count). The third kappa shape index (κ3) is 9.29. The third-order valence-electron chi connectivity index (χ3n) is 3.01. The van der Waals surface area contributed by atoms with E-state index >= 15 is 0 Å². The first-order valence-electron chi connectivity index (χ1n) is 7.74. The molecular formula is C16H26ClIN4O2. The molecule has 0 aliphatic rings. The van der Waals surface area contributed by atoms with Crippen LogP contribution in [0.25, 0.3) is 0 Å². The lowest BCUT2D eigenvalue weighted by Crippen LogP contribution is -2.42. The van der Waals surface area contributed by atoms with Crippen molar-refractivity contribution in [1.82, 2.24) is 16.0 Å². The molecule has 0 aliphatic heterocycles. The van der Waals surface area contributed by atoms with Crippen LogP contribution < -0.4 is 16.0 Å². The number of nitrogens with zero attached hydrogens (tertiary/aromatic N) is 1. The van der Waals surface area contributed by atoms with Gasteiger partial charge in [0.15, 0.2) is 5.96 Å². The van der Waals surface area contributed by atoms with Crippen LogP contribution >= 0.6 is 35.6 Å². The molecule has 0 heterocycles. The largest absolute Gasteiger partial charge is 0.382 e. The minimum absolute atomic E-state index is 0. The van der Waals surface area contributed by atoms with Crippen molar-refractivity contribution in [2.45, 2.75) is 13.3 Å². The maximum atomic E-state index is 12.0. The molecule has 1 amide bonds. The van der Waals surface area contributed by atoms with E-state index in [2.05, 4.69) is 20.9 Å². The summed E-state index contributed by atoms with van der Waals surface area (Å²) in [6.45, 7) is 5.27. The second kappa shape index (κ2) is 14.3. The van der Waals surface area contributed by atoms with Crippen LogP contribution in [0, 0.1) is 0 Å². The third-order valence-corrected chi connectivity index (χ3v) is 3.34. The van der Waals surface area contributed by atoms with Crippen molar-refractivity contribution < 1.29 is 9.53 Å². The summed E-state index contributed by atoms with van der Waals surface area (Å²) in [5.41, 5.74) is 0.479. The fourth-order valence-corrected chi connectivity index (χ4v) is 2.07. The minimum Gasteiger partial charge on any atom is -0.382 e. The number of hydrogen-bond acceptors (Lipinski definition) is 3. The molecule has 0 aromatic heterocycles. The Morgan fingerprint density at radius 2 is 1.83 bits per heavy atom. The molecule has 0 aliphatic carbocycles. The van der Waals surface area contributed by atoms with E-state index in [1.807, 2.05) is 6.92 Å². The molecule has 0 atom stereocenters. The van der Waals surface area contributed by atoms with Crippen LogP contribution in [0.15, 0.2) is 29.3 Å². The van der Waals surface area contributed by atoms with E-state index < -0.39 is 0 Å². The van der Waals surface area contributed by atoms with Gasteiger partial charge in [0, 0.05) is 39.9 Å². The van der Waals surface area contributed by atoms with Crippen LogP contribution in [0.5, 0.6) is 0 Å². The van der Waals surface area contributed by atoms with E-state index in [0.717, 1.165) is 26.2 Å². The molecule has 0 fully saturated rings. The monoisotopic (exact) mass is 468 g/mol. The van der Waals surface area contributed by atoms with E-state index in [1.165, 1.54) is 0 Å². The van der Waals surface area contributed by atoms with Gasteiger partial charge in [-0.25, -0.2) is 0 Å². The van der Waals surface area contributed by atoms with Crippen LogP contribution in [0.2, 0.25) is 5.02 Å². The Morgan fingerprint density at radius 3 is 2.50 bits per heavy atom. The lowest BCUT2D eigenvalue weighted by molar-refractivity contribution is 0.0954. The summed E-state index contributed by atoms with van der Waals surface area (Å²) in [7, 11) is 1.71. The second-order valence-corrected chi connectivity index (χ2v) is 5.12. The Labute approximate surface area is 165 Å². The highest BCUT2D eigenvalue weighted by molar-refractivity contribution is 14.0. The second-order valence-electron chi connectivity index (χ2n) is 4.71. The lowest BCUT2D eigenvalue weighted by atomic mass is 10.2. The highest BCUT2D eigenvalue weighted by atomic mass is 127. The SMILES string of the molecule is CCOCCCNC(=NC)NCCNC(=O)c1ccccc1Cl.I. The first-order chi connectivity index (χ1) is 11.2. The van der Waals surface area contributed by atoms with Crippen molar-refractivity contribution in [3.05, 3.63) is 34.9 Å². The summed E-state index contributed by atoms with van der Waals surface area (Å²) in [5, 5.41) is 9.58. The number of halogens is 2. The number of rotatable bonds is 9. The molecule has 1 aromatic carbocycles. The zero-order valence-corrected chi connectivity index (χ0v) is 17.2. The standard InChI is InChI=1S/C16H25ClN4O2.HI/c1-3-23-12-6-9-20-16(18-2)21-11-10-19-15(22)13-7-4-5-8-14(13)17;/h4-5,7-8H,3,6,9-12H2,1-2H3,(H,19,22)(H2,18,20,21);1H. The van der Waals surface area contributed by atoms with Crippen molar-refractivity contribution in [2.24, 2.45) is 4.99 Å². The summed E-state index contributed by atoms with van der Waals surface area (Å²) < 4.78 is 5.27. The Kier molecular flexibility index (Phi) is 13.7. The maximum Gasteiger partial charge on any atom is 0.252 e. The number of hydrogen-bond donors (Lipinski definition) is 3. The Bertz CT molecular complexity index is 515. The summed E-state index contributed by atoms with van der Waals surface area (Å²) in [6, 6.07) is 6.97. The van der Waals surface area contributed by atoms with Crippen molar-refractivity contribution in [3.8, 4) is 0 Å². The number of nitrogens with one attached hydrogen (secondary N) is 3. The molecule has 0 bridgehead atoms. The molecular weight excluding hydrogens is 443 g/mol. The van der Waals surface area contributed by atoms with Crippen LogP contribution in [0.4, 0.5) is 0 Å². The van der Waals surface area contributed by atoms with Crippen molar-refractivity contribution in [1.29, 1.82) is 0 Å². The maximum absolute atomic E-state index is 12.0. The van der Waals surface area contributed by atoms with Gasteiger partial charge in [0.25, 0.3) is 5.91 Å². The molecule has 0 saturated carbocycles. The van der Waals surface area contributed by atoms with E-state index in [0.29, 0.717) is 29.6 Å². The average molecular weight is 469 g/mol. The average Bonchev–Trinajstić information content (AvgIpc) is 2.56. The van der Waals surface area contributed by atoms with Gasteiger partial charge >= 0.3 is 0 Å². The zero-order chi connectivity index (χ0) is 16.9. The molecule has 0 saturated heterocycles. The number of guanidine groups is 1. The predicted molar refractivity (Wildman–Crippen MR) is 110 cm³/mol. The molecule has 0 radical (unpaired) electrons. The first-order valence-corrected chi connectivity index (χ1v) is 8.11. The van der Waals surface area contributed by atoms with Gasteiger partial charge in [-0.15, -0.1) is 24.0 Å². The Morgan fingerprint density at radius 1 is 1.17 bits per heavy atom. The normalized spacial score (nSPS) is 10.7. The van der Waals surface area contributed by atoms with Gasteiger partial charge in [-0.05, 0) is 25.5 Å². The van der Waals surface area contributed by atoms with E-state index in [-0.39, 0.29) is 29.9 Å². The first kappa shape index (κ1) is 22.9. The summed E-state index contributed by atoms with van der Waals surface area (Å²) >= 11 is 5.98. The number of benzene rings is 1. The van der Waals surface area contributed by atoms with Crippen LogP contribution in [-0.2, 0) is 4.74 Å². The van der Waals surface area contributed by atoms with Crippen molar-refractivity contribution in [2.75, 3.05) is 39.9 Å². The van der Waals surface area contributed by atoms with Gasteiger partial charge in [0.1, 0.15) is 0 Å². The fraction of sp³-hybridized carbons (Fsp3) is 0.500. The minimum atomic E-state index is -0.183. The summed E-state index contributed by atoms with van der Waals surface area (Å²) in [6.07, 6.45) is 0.914. The Balaban J connectivity index is 0.00000529. The highest BCUT2D eigenvalue weighted by Crippen LogP contribution is 2.14. The topological polar surface area (TPSA) is 74.8 Å². The highest BCUT2D eigenvalue weighted by Gasteiger charge is 2.08. The molecule has 3 N–H and O–H groups in total. The summed E-state index contributed by atoms with van der Waals surface area (Å²) in [4.78, 5) is 16.1. The number of carbonyl (C=O) groups is 1. The van der Waals surface area contributed by atoms with E-state index in [9.17, 15) is 4.79 Å². The smallest absolute Gasteiger partial charge is 0.252 e. The molecule has 0 spiro atoms. The number of carbonyl (C=O) groups excluding carboxylic acids is 1. The quantitative estimate of drug-likeness (QED) is 0.225.